The summed E-state index contributed by atoms with van der Waals surface area (Å²) in [6.07, 6.45) is 2.75. The molecule has 4 aromatic rings. The van der Waals surface area contributed by atoms with E-state index in [2.05, 4.69) is 37.6 Å². The molecule has 1 aliphatic heterocycles. The second-order valence-electron chi connectivity index (χ2n) is 10.1. The number of hydrogen-bond acceptors (Lipinski definition) is 5. The van der Waals surface area contributed by atoms with Gasteiger partial charge in [-0.3, -0.25) is 14.5 Å². The van der Waals surface area contributed by atoms with Crippen LogP contribution in [0.5, 0.6) is 5.75 Å². The Hall–Kier alpha value is -4.17. The van der Waals surface area contributed by atoms with Gasteiger partial charge in [-0.2, -0.15) is 0 Å². The van der Waals surface area contributed by atoms with Crippen LogP contribution in [0.3, 0.4) is 0 Å². The van der Waals surface area contributed by atoms with E-state index in [0.717, 1.165) is 47.0 Å². The molecule has 0 atom stereocenters. The number of rotatable bonds is 5. The van der Waals surface area contributed by atoms with E-state index in [1.807, 2.05) is 61.5 Å². The lowest BCUT2D eigenvalue weighted by Crippen LogP contribution is -2.37. The Morgan fingerprint density at radius 2 is 1.90 bits per heavy atom. The van der Waals surface area contributed by atoms with Gasteiger partial charge in [-0.1, -0.05) is 42.5 Å². The van der Waals surface area contributed by atoms with Crippen molar-refractivity contribution < 1.29 is 14.3 Å². The topological polar surface area (TPSA) is 99.3 Å². The van der Waals surface area contributed by atoms with Gasteiger partial charge in [-0.05, 0) is 61.6 Å². The number of amides is 2. The van der Waals surface area contributed by atoms with Gasteiger partial charge >= 0.3 is 0 Å². The molecule has 202 valence electrons. The van der Waals surface area contributed by atoms with E-state index in [1.54, 1.807) is 0 Å². The predicted octanol–water partition coefficient (Wildman–Crippen LogP) is 4.48. The number of nitrogens with zero attached hydrogens (tertiary/aromatic N) is 2. The molecule has 8 nitrogen and oxygen atoms in total. The zero-order chi connectivity index (χ0) is 27.0. The van der Waals surface area contributed by atoms with Crippen molar-refractivity contribution in [1.29, 1.82) is 0 Å². The van der Waals surface area contributed by atoms with Crippen LogP contribution < -0.4 is 15.4 Å². The van der Waals surface area contributed by atoms with E-state index in [9.17, 15) is 9.59 Å². The van der Waals surface area contributed by atoms with Crippen LogP contribution in [-0.2, 0) is 24.4 Å². The molecule has 0 radical (unpaired) electrons. The average Bonchev–Trinajstić information content (AvgIpc) is 3.34. The van der Waals surface area contributed by atoms with Crippen LogP contribution in [0.15, 0.2) is 66.7 Å². The van der Waals surface area contributed by atoms with E-state index >= 15 is 0 Å². The minimum atomic E-state index is -0.193. The van der Waals surface area contributed by atoms with Crippen LogP contribution in [0.2, 0.25) is 0 Å². The minimum Gasteiger partial charge on any atom is -0.493 e. The number of hydrogen-bond donors (Lipinski definition) is 3. The van der Waals surface area contributed by atoms with Gasteiger partial charge < -0.3 is 20.4 Å². The summed E-state index contributed by atoms with van der Waals surface area (Å²) >= 11 is 0. The highest BCUT2D eigenvalue weighted by Crippen LogP contribution is 2.24. The molecule has 3 N–H and O–H groups in total. The number of ether oxygens (including phenoxy) is 1. The van der Waals surface area contributed by atoms with Crippen molar-refractivity contribution in [3.8, 4) is 5.75 Å². The van der Waals surface area contributed by atoms with E-state index in [1.165, 1.54) is 0 Å². The Morgan fingerprint density at radius 3 is 2.77 bits per heavy atom. The number of aromatic nitrogens is 2. The van der Waals surface area contributed by atoms with Crippen molar-refractivity contribution in [3.63, 3.8) is 0 Å². The monoisotopic (exact) mass is 525 g/mol. The van der Waals surface area contributed by atoms with Gasteiger partial charge in [0.1, 0.15) is 11.6 Å². The quantitative estimate of drug-likeness (QED) is 0.357. The van der Waals surface area contributed by atoms with Crippen LogP contribution >= 0.6 is 0 Å². The fourth-order valence-corrected chi connectivity index (χ4v) is 4.81. The summed E-state index contributed by atoms with van der Waals surface area (Å²) in [5.41, 5.74) is 5.59. The summed E-state index contributed by atoms with van der Waals surface area (Å²) in [6.45, 7) is 5.00. The molecule has 0 unspecified atom stereocenters. The minimum absolute atomic E-state index is 0.0180. The summed E-state index contributed by atoms with van der Waals surface area (Å²) in [5.74, 6) is 1.21. The normalized spacial score (nSPS) is 15.3. The second-order valence-corrected chi connectivity index (χ2v) is 10.1. The van der Waals surface area contributed by atoms with Crippen molar-refractivity contribution in [2.45, 2.75) is 45.8 Å². The Balaban J connectivity index is 1.33. The molecule has 2 heterocycles. The summed E-state index contributed by atoms with van der Waals surface area (Å²) in [4.78, 5) is 35.7. The van der Waals surface area contributed by atoms with Crippen LogP contribution in [0, 0.1) is 6.92 Å². The summed E-state index contributed by atoms with van der Waals surface area (Å²) in [7, 11) is 0. The van der Waals surface area contributed by atoms with Crippen molar-refractivity contribution in [1.82, 2.24) is 25.5 Å². The fourth-order valence-electron chi connectivity index (χ4n) is 4.81. The summed E-state index contributed by atoms with van der Waals surface area (Å²) < 4.78 is 6.20. The summed E-state index contributed by atoms with van der Waals surface area (Å²) in [6, 6.07) is 21.7. The Kier molecular flexibility index (Phi) is 8.53. The number of carbonyl (C=O) groups is 2. The third-order valence-electron chi connectivity index (χ3n) is 6.84. The number of carbonyl (C=O) groups excluding carboxylic acids is 2. The predicted molar refractivity (Wildman–Crippen MR) is 151 cm³/mol. The lowest BCUT2D eigenvalue weighted by Gasteiger charge is -2.23. The van der Waals surface area contributed by atoms with Crippen LogP contribution in [0.4, 0.5) is 0 Å². The average molecular weight is 526 g/mol. The molecule has 2 amide bonds. The molecule has 5 rings (SSSR count). The third-order valence-corrected chi connectivity index (χ3v) is 6.84. The number of benzene rings is 3. The molecule has 39 heavy (non-hydrogen) atoms. The molecular weight excluding hydrogens is 490 g/mol. The maximum absolute atomic E-state index is 13.1. The molecule has 0 fully saturated rings. The number of aromatic amines is 1. The van der Waals surface area contributed by atoms with Gasteiger partial charge in [-0.15, -0.1) is 0 Å². The van der Waals surface area contributed by atoms with Gasteiger partial charge in [0.15, 0.2) is 0 Å². The van der Waals surface area contributed by atoms with Gasteiger partial charge in [-0.25, -0.2) is 4.98 Å². The smallest absolute Gasteiger partial charge is 0.251 e. The molecule has 0 bridgehead atoms. The standard InChI is InChI=1S/C31H35N5O3/c1-22-10-13-26-27(16-22)35-29(34-26)18-33-31(38)24-11-12-25-20-36(19-23-8-4-2-5-9-23)21-30(37)32-14-6-3-7-15-39-28(25)17-24/h2,4-5,8-13,16-17H,3,6-7,14-15,18-21H2,1H3,(H,32,37)(H,33,38)(H,34,35). The highest BCUT2D eigenvalue weighted by Gasteiger charge is 2.17. The van der Waals surface area contributed by atoms with E-state index in [4.69, 9.17) is 4.74 Å². The third kappa shape index (κ3) is 7.23. The first-order valence-corrected chi connectivity index (χ1v) is 13.6. The van der Waals surface area contributed by atoms with E-state index in [-0.39, 0.29) is 18.4 Å². The summed E-state index contributed by atoms with van der Waals surface area (Å²) in [5, 5.41) is 6.01. The zero-order valence-corrected chi connectivity index (χ0v) is 22.3. The van der Waals surface area contributed by atoms with E-state index in [0.29, 0.717) is 49.9 Å². The molecule has 3 aromatic carbocycles. The first-order valence-electron chi connectivity index (χ1n) is 13.6. The molecule has 1 aromatic heterocycles. The molecule has 0 aliphatic carbocycles. The fraction of sp³-hybridized carbons (Fsp3) is 0.323. The van der Waals surface area contributed by atoms with Gasteiger partial charge in [0.2, 0.25) is 5.91 Å². The largest absolute Gasteiger partial charge is 0.493 e. The lowest BCUT2D eigenvalue weighted by atomic mass is 10.1. The van der Waals surface area contributed by atoms with Crippen LogP contribution in [-0.4, -0.2) is 46.4 Å². The number of imidazole rings is 1. The second kappa shape index (κ2) is 12.6. The number of fused-ring (bicyclic) bond motifs is 2. The van der Waals surface area contributed by atoms with Crippen molar-refractivity contribution >= 4 is 22.8 Å². The zero-order valence-electron chi connectivity index (χ0n) is 22.3. The Morgan fingerprint density at radius 1 is 1.03 bits per heavy atom. The van der Waals surface area contributed by atoms with Crippen molar-refractivity contribution in [3.05, 3.63) is 94.8 Å². The molecule has 0 saturated heterocycles. The first kappa shape index (κ1) is 26.4. The Labute approximate surface area is 228 Å². The number of nitrogens with one attached hydrogen (secondary N) is 3. The molecule has 0 saturated carbocycles. The maximum Gasteiger partial charge on any atom is 0.251 e. The van der Waals surface area contributed by atoms with Gasteiger partial charge in [0.05, 0.1) is 30.7 Å². The Bertz CT molecular complexity index is 1430. The van der Waals surface area contributed by atoms with Crippen LogP contribution in [0.1, 0.15) is 52.1 Å². The van der Waals surface area contributed by atoms with Gasteiger partial charge in [0.25, 0.3) is 5.91 Å². The SMILES string of the molecule is Cc1ccc2nc(CNC(=O)c3ccc4c(c3)OCCCCCNC(=O)CN(Cc3ccccc3)C4)[nH]c2c1. The molecular formula is C31H35N5O3. The number of aryl methyl sites for hydroxylation is 1. The number of H-pyrrole nitrogens is 1. The maximum atomic E-state index is 13.1. The van der Waals surface area contributed by atoms with Gasteiger partial charge in [0, 0.05) is 30.8 Å². The lowest BCUT2D eigenvalue weighted by molar-refractivity contribution is -0.122. The van der Waals surface area contributed by atoms with Crippen molar-refractivity contribution in [2.24, 2.45) is 0 Å². The van der Waals surface area contributed by atoms with Crippen molar-refractivity contribution in [2.75, 3.05) is 19.7 Å². The van der Waals surface area contributed by atoms with Crippen LogP contribution in [0.25, 0.3) is 11.0 Å². The highest BCUT2D eigenvalue weighted by atomic mass is 16.5. The highest BCUT2D eigenvalue weighted by molar-refractivity contribution is 5.94. The first-order chi connectivity index (χ1) is 19.0. The van der Waals surface area contributed by atoms with E-state index < -0.39 is 0 Å². The molecule has 0 spiro atoms. The molecule has 8 heteroatoms. The molecule has 1 aliphatic rings.